The number of hydrogen-bond acceptors (Lipinski definition) is 9. The number of aromatic nitrogens is 4. The highest BCUT2D eigenvalue weighted by Gasteiger charge is 2.31. The van der Waals surface area contributed by atoms with Gasteiger partial charge in [-0.05, 0) is 36.6 Å². The molecule has 0 radical (unpaired) electrons. The molecule has 11 heteroatoms. The van der Waals surface area contributed by atoms with Gasteiger partial charge in [0.25, 0.3) is 5.91 Å². The zero-order valence-corrected chi connectivity index (χ0v) is 22.1. The van der Waals surface area contributed by atoms with Gasteiger partial charge in [0.1, 0.15) is 18.0 Å². The summed E-state index contributed by atoms with van der Waals surface area (Å²) in [7, 11) is 0.537. The smallest absolute Gasteiger partial charge is 0.251 e. The van der Waals surface area contributed by atoms with Crippen molar-refractivity contribution in [1.29, 1.82) is 0 Å². The van der Waals surface area contributed by atoms with Gasteiger partial charge in [-0.2, -0.15) is 0 Å². The van der Waals surface area contributed by atoms with Gasteiger partial charge in [-0.1, -0.05) is 18.2 Å². The quantitative estimate of drug-likeness (QED) is 0.352. The van der Waals surface area contributed by atoms with Crippen molar-refractivity contribution in [3.63, 3.8) is 0 Å². The van der Waals surface area contributed by atoms with Crippen molar-refractivity contribution in [3.05, 3.63) is 72.3 Å². The summed E-state index contributed by atoms with van der Waals surface area (Å²) in [5.74, 6) is 1.67. The van der Waals surface area contributed by atoms with Crippen molar-refractivity contribution < 1.29 is 13.2 Å². The van der Waals surface area contributed by atoms with Crippen LogP contribution in [0.5, 0.6) is 0 Å². The molecule has 0 saturated carbocycles. The van der Waals surface area contributed by atoms with Gasteiger partial charge < -0.3 is 15.5 Å². The van der Waals surface area contributed by atoms with E-state index in [-0.39, 0.29) is 23.5 Å². The van der Waals surface area contributed by atoms with E-state index >= 15 is 0 Å². The largest absolute Gasteiger partial charge is 0.370 e. The maximum atomic E-state index is 12.2. The number of anilines is 2. The van der Waals surface area contributed by atoms with Gasteiger partial charge in [-0.15, -0.1) is 0 Å². The number of fused-ring (bicyclic) bond motifs is 1. The van der Waals surface area contributed by atoms with Crippen LogP contribution in [0.3, 0.4) is 0 Å². The second kappa shape index (κ2) is 10.7. The van der Waals surface area contributed by atoms with Crippen LogP contribution < -0.4 is 15.5 Å². The molecule has 0 spiro atoms. The number of carbonyl (C=O) groups excluding carboxylic acids is 1. The summed E-state index contributed by atoms with van der Waals surface area (Å²) in [5, 5.41) is 6.85. The number of hydrogen-bond donors (Lipinski definition) is 2. The SMILES string of the molecule is CNC(=O)c1ccnc2c(CCNc3cc(-c4ccc(N(C)C5CCS(=O)(=O)C5)nc4)ncn3)cccc12. The zero-order chi connectivity index (χ0) is 26.7. The summed E-state index contributed by atoms with van der Waals surface area (Å²) in [5.41, 5.74) is 4.02. The van der Waals surface area contributed by atoms with Crippen LogP contribution in [0.15, 0.2) is 61.2 Å². The van der Waals surface area contributed by atoms with Crippen molar-refractivity contribution in [2.75, 3.05) is 42.4 Å². The molecule has 3 aromatic heterocycles. The van der Waals surface area contributed by atoms with Crippen LogP contribution in [0.4, 0.5) is 11.6 Å². The molecule has 1 amide bonds. The van der Waals surface area contributed by atoms with Crippen molar-refractivity contribution in [1.82, 2.24) is 25.3 Å². The number of nitrogens with zero attached hydrogens (tertiary/aromatic N) is 5. The molecule has 1 aromatic carbocycles. The number of sulfone groups is 1. The predicted octanol–water partition coefficient (Wildman–Crippen LogP) is 2.72. The number of amides is 1. The van der Waals surface area contributed by atoms with E-state index in [0.717, 1.165) is 33.5 Å². The highest BCUT2D eigenvalue weighted by Crippen LogP contribution is 2.25. The molecular weight excluding hydrogens is 502 g/mol. The maximum Gasteiger partial charge on any atom is 0.251 e. The summed E-state index contributed by atoms with van der Waals surface area (Å²) in [6.45, 7) is 0.619. The number of para-hydroxylation sites is 1. The van der Waals surface area contributed by atoms with Gasteiger partial charge in [0.2, 0.25) is 0 Å². The van der Waals surface area contributed by atoms with Crippen LogP contribution in [0.1, 0.15) is 22.3 Å². The zero-order valence-electron chi connectivity index (χ0n) is 21.3. The number of rotatable bonds is 8. The molecule has 0 aliphatic carbocycles. The fraction of sp³-hybridized carbons (Fsp3) is 0.296. The predicted molar refractivity (Wildman–Crippen MR) is 148 cm³/mol. The Morgan fingerprint density at radius 1 is 1.11 bits per heavy atom. The Labute approximate surface area is 221 Å². The van der Waals surface area contributed by atoms with Gasteiger partial charge in [-0.3, -0.25) is 9.78 Å². The average molecular weight is 532 g/mol. The molecule has 10 nitrogen and oxygen atoms in total. The number of nitrogens with one attached hydrogen (secondary N) is 2. The van der Waals surface area contributed by atoms with Gasteiger partial charge in [0, 0.05) is 56.1 Å². The monoisotopic (exact) mass is 531 g/mol. The first-order chi connectivity index (χ1) is 18.3. The van der Waals surface area contributed by atoms with Crippen molar-refractivity contribution in [3.8, 4) is 11.3 Å². The minimum absolute atomic E-state index is 0.0551. The Morgan fingerprint density at radius 3 is 2.71 bits per heavy atom. The Kier molecular flexibility index (Phi) is 7.19. The molecule has 0 bridgehead atoms. The number of benzene rings is 1. The third-order valence-electron chi connectivity index (χ3n) is 6.85. The van der Waals surface area contributed by atoms with E-state index in [9.17, 15) is 13.2 Å². The van der Waals surface area contributed by atoms with Crippen LogP contribution in [-0.4, -0.2) is 72.4 Å². The molecule has 4 heterocycles. The standard InChI is InChI=1S/C27H29N7O3S/c1-28-27(35)22-9-12-30-26-18(4-3-5-21(22)26)8-11-29-24-14-23(32-17-33-24)19-6-7-25(31-15-19)34(2)20-10-13-38(36,37)16-20/h3-7,9,12,14-15,17,20H,8,10-11,13,16H2,1-2H3,(H,28,35)(H,29,32,33). The summed E-state index contributed by atoms with van der Waals surface area (Å²) in [6.07, 6.45) is 6.23. The van der Waals surface area contributed by atoms with E-state index in [1.165, 1.54) is 6.33 Å². The molecule has 1 aliphatic rings. The van der Waals surface area contributed by atoms with Crippen LogP contribution >= 0.6 is 0 Å². The lowest BCUT2D eigenvalue weighted by Gasteiger charge is -2.24. The van der Waals surface area contributed by atoms with Crippen molar-refractivity contribution >= 4 is 38.3 Å². The first-order valence-corrected chi connectivity index (χ1v) is 14.2. The molecular formula is C27H29N7O3S. The minimum atomic E-state index is -2.96. The number of pyridine rings is 2. The van der Waals surface area contributed by atoms with E-state index in [2.05, 4.69) is 30.6 Å². The summed E-state index contributed by atoms with van der Waals surface area (Å²) < 4.78 is 23.7. The molecule has 1 saturated heterocycles. The van der Waals surface area contributed by atoms with Gasteiger partial charge in [0.15, 0.2) is 9.84 Å². The van der Waals surface area contributed by atoms with Gasteiger partial charge in [0.05, 0.1) is 28.3 Å². The lowest BCUT2D eigenvalue weighted by molar-refractivity contribution is 0.0964. The molecule has 196 valence electrons. The fourth-order valence-electron chi connectivity index (χ4n) is 4.72. The van der Waals surface area contributed by atoms with E-state index in [1.807, 2.05) is 48.3 Å². The van der Waals surface area contributed by atoms with Crippen LogP contribution in [-0.2, 0) is 16.3 Å². The number of carbonyl (C=O) groups is 1. The van der Waals surface area contributed by atoms with Crippen LogP contribution in [0.2, 0.25) is 0 Å². The van der Waals surface area contributed by atoms with Crippen molar-refractivity contribution in [2.24, 2.45) is 0 Å². The molecule has 4 aromatic rings. The van der Waals surface area contributed by atoms with Crippen LogP contribution in [0, 0.1) is 0 Å². The van der Waals surface area contributed by atoms with Crippen LogP contribution in [0.25, 0.3) is 22.2 Å². The third-order valence-corrected chi connectivity index (χ3v) is 8.61. The lowest BCUT2D eigenvalue weighted by Crippen LogP contribution is -2.33. The molecule has 1 aliphatic heterocycles. The highest BCUT2D eigenvalue weighted by molar-refractivity contribution is 7.91. The van der Waals surface area contributed by atoms with Gasteiger partial charge >= 0.3 is 0 Å². The Balaban J connectivity index is 1.25. The summed E-state index contributed by atoms with van der Waals surface area (Å²) in [6, 6.07) is 13.2. The fourth-order valence-corrected chi connectivity index (χ4v) is 6.50. The first kappa shape index (κ1) is 25.5. The maximum absolute atomic E-state index is 12.2. The Hall–Kier alpha value is -4.12. The Morgan fingerprint density at radius 2 is 1.97 bits per heavy atom. The second-order valence-electron chi connectivity index (χ2n) is 9.29. The molecule has 1 unspecified atom stereocenters. The molecule has 5 rings (SSSR count). The normalized spacial score (nSPS) is 16.3. The third kappa shape index (κ3) is 5.42. The molecule has 1 atom stereocenters. The molecule has 1 fully saturated rings. The average Bonchev–Trinajstić information content (AvgIpc) is 3.31. The minimum Gasteiger partial charge on any atom is -0.370 e. The second-order valence-corrected chi connectivity index (χ2v) is 11.5. The topological polar surface area (TPSA) is 130 Å². The van der Waals surface area contributed by atoms with E-state index < -0.39 is 9.84 Å². The molecule has 38 heavy (non-hydrogen) atoms. The molecule has 2 N–H and O–H groups in total. The summed E-state index contributed by atoms with van der Waals surface area (Å²) >= 11 is 0. The van der Waals surface area contributed by atoms with Crippen molar-refractivity contribution in [2.45, 2.75) is 18.9 Å². The summed E-state index contributed by atoms with van der Waals surface area (Å²) in [4.78, 5) is 32.0. The Bertz CT molecular complexity index is 1580. The highest BCUT2D eigenvalue weighted by atomic mass is 32.2. The van der Waals surface area contributed by atoms with E-state index in [4.69, 9.17) is 0 Å². The first-order valence-electron chi connectivity index (χ1n) is 12.4. The lowest BCUT2D eigenvalue weighted by atomic mass is 10.0. The van der Waals surface area contributed by atoms with E-state index in [0.29, 0.717) is 30.8 Å². The van der Waals surface area contributed by atoms with E-state index in [1.54, 1.807) is 25.5 Å². The van der Waals surface area contributed by atoms with Gasteiger partial charge in [-0.25, -0.2) is 23.4 Å².